The Morgan fingerprint density at radius 2 is 1.84 bits per heavy atom. The quantitative estimate of drug-likeness (QED) is 0.655. The van der Waals surface area contributed by atoms with Crippen LogP contribution >= 0.6 is 0 Å². The molecule has 4 heterocycles. The number of fused-ring (bicyclic) bond motifs is 4. The number of furan rings is 1. The first kappa shape index (κ1) is 20.7. The van der Waals surface area contributed by atoms with Crippen LogP contribution in [-0.2, 0) is 21.4 Å². The van der Waals surface area contributed by atoms with Gasteiger partial charge in [0.05, 0.1) is 16.7 Å². The molecule has 0 unspecified atom stereocenters. The van der Waals surface area contributed by atoms with Crippen LogP contribution in [-0.4, -0.2) is 36.3 Å². The lowest BCUT2D eigenvalue weighted by molar-refractivity contribution is -0.114. The number of hydrogen-bond donors (Lipinski definition) is 1. The van der Waals surface area contributed by atoms with Gasteiger partial charge in [-0.2, -0.15) is 4.31 Å². The molecule has 5 rings (SSSR count). The molecule has 2 aliphatic heterocycles. The lowest BCUT2D eigenvalue weighted by Crippen LogP contribution is -2.49. The van der Waals surface area contributed by atoms with E-state index < -0.39 is 10.0 Å². The molecule has 1 fully saturated rings. The van der Waals surface area contributed by atoms with Crippen LogP contribution in [0.3, 0.4) is 0 Å². The summed E-state index contributed by atoms with van der Waals surface area (Å²) in [6.45, 7) is 2.57. The fourth-order valence-electron chi connectivity index (χ4n) is 4.78. The van der Waals surface area contributed by atoms with Crippen molar-refractivity contribution in [2.75, 3.05) is 18.4 Å². The van der Waals surface area contributed by atoms with Gasteiger partial charge in [0.25, 0.3) is 5.56 Å². The summed E-state index contributed by atoms with van der Waals surface area (Å²) in [4.78, 5) is 24.5. The molecular formula is C23H23N3O5S. The molecule has 2 aliphatic rings. The maximum absolute atomic E-state index is 13.3. The van der Waals surface area contributed by atoms with E-state index in [0.29, 0.717) is 36.6 Å². The van der Waals surface area contributed by atoms with E-state index in [1.165, 1.54) is 23.4 Å². The Bertz CT molecular complexity index is 1330. The maximum atomic E-state index is 13.3. The molecule has 2 atom stereocenters. The van der Waals surface area contributed by atoms with Crippen LogP contribution in [0.25, 0.3) is 11.3 Å². The smallest absolute Gasteiger partial charge is 0.261 e. The molecule has 0 radical (unpaired) electrons. The number of rotatable bonds is 4. The summed E-state index contributed by atoms with van der Waals surface area (Å²) in [6.07, 6.45) is 2.39. The second-order valence-corrected chi connectivity index (χ2v) is 10.3. The highest BCUT2D eigenvalue weighted by Gasteiger charge is 2.39. The minimum atomic E-state index is -3.69. The van der Waals surface area contributed by atoms with Crippen LogP contribution < -0.4 is 10.9 Å². The van der Waals surface area contributed by atoms with E-state index in [0.717, 1.165) is 12.1 Å². The summed E-state index contributed by atoms with van der Waals surface area (Å²) in [5, 5.41) is 2.64. The second kappa shape index (κ2) is 7.75. The van der Waals surface area contributed by atoms with E-state index in [9.17, 15) is 18.0 Å². The Morgan fingerprint density at radius 1 is 1.06 bits per heavy atom. The number of pyridine rings is 1. The maximum Gasteiger partial charge on any atom is 0.261 e. The number of carbonyl (C=O) groups excluding carboxylic acids is 1. The Hall–Kier alpha value is -3.17. The van der Waals surface area contributed by atoms with Gasteiger partial charge in [0.2, 0.25) is 15.9 Å². The molecule has 0 aliphatic carbocycles. The number of carbonyl (C=O) groups is 1. The third-order valence-corrected chi connectivity index (χ3v) is 8.02. The van der Waals surface area contributed by atoms with Crippen LogP contribution in [0.15, 0.2) is 68.9 Å². The first-order chi connectivity index (χ1) is 15.3. The highest BCUT2D eigenvalue weighted by Crippen LogP contribution is 2.38. The van der Waals surface area contributed by atoms with E-state index in [1.807, 2.05) is 6.07 Å². The normalized spacial score (nSPS) is 20.5. The van der Waals surface area contributed by atoms with E-state index >= 15 is 0 Å². The van der Waals surface area contributed by atoms with Crippen LogP contribution in [0.1, 0.15) is 25.0 Å². The van der Waals surface area contributed by atoms with Crippen LogP contribution in [0, 0.1) is 5.92 Å². The number of piperidine rings is 1. The molecule has 9 heteroatoms. The van der Waals surface area contributed by atoms with Crippen molar-refractivity contribution in [3.05, 3.63) is 70.8 Å². The second-order valence-electron chi connectivity index (χ2n) is 8.39. The Kier molecular flexibility index (Phi) is 5.02. The zero-order valence-electron chi connectivity index (χ0n) is 17.5. The summed E-state index contributed by atoms with van der Waals surface area (Å²) in [5.74, 6) is 0.329. The first-order valence-corrected chi connectivity index (χ1v) is 11.9. The molecule has 0 saturated carbocycles. The number of nitrogens with zero attached hydrogens (tertiary/aromatic N) is 2. The average molecular weight is 454 g/mol. The average Bonchev–Trinajstić information content (AvgIpc) is 3.29. The summed E-state index contributed by atoms with van der Waals surface area (Å²) in [5.41, 5.74) is 1.83. The zero-order valence-corrected chi connectivity index (χ0v) is 18.3. The van der Waals surface area contributed by atoms with Crippen molar-refractivity contribution >= 4 is 21.6 Å². The van der Waals surface area contributed by atoms with Crippen LogP contribution in [0.2, 0.25) is 0 Å². The number of hydrogen-bond acceptors (Lipinski definition) is 5. The molecule has 1 amide bonds. The molecule has 32 heavy (non-hydrogen) atoms. The molecule has 3 aromatic rings. The van der Waals surface area contributed by atoms with Gasteiger partial charge in [0.1, 0.15) is 5.76 Å². The molecule has 1 saturated heterocycles. The summed E-state index contributed by atoms with van der Waals surface area (Å²) >= 11 is 0. The van der Waals surface area contributed by atoms with Gasteiger partial charge in [0.15, 0.2) is 0 Å². The van der Waals surface area contributed by atoms with Crippen molar-refractivity contribution in [3.8, 4) is 11.3 Å². The standard InChI is InChI=1S/C23H23N3O5S/c1-15(27)24-18-4-6-19(7-5-18)32(29,30)25-12-16-11-17(14-25)21-9-8-20(22-3-2-10-31-22)23(28)26(21)13-16/h2-10,16-17H,11-14H2,1H3,(H,24,27)/t16-,17-/m1/s1. The zero-order chi connectivity index (χ0) is 22.5. The number of nitrogens with one attached hydrogen (secondary N) is 1. The van der Waals surface area contributed by atoms with E-state index in [-0.39, 0.29) is 28.2 Å². The van der Waals surface area contributed by atoms with E-state index in [2.05, 4.69) is 5.32 Å². The monoisotopic (exact) mass is 453 g/mol. The number of benzene rings is 1. The Morgan fingerprint density at radius 3 is 2.53 bits per heavy atom. The van der Waals surface area contributed by atoms with Crippen molar-refractivity contribution in [3.63, 3.8) is 0 Å². The Labute approximate surface area is 185 Å². The van der Waals surface area contributed by atoms with Crippen LogP contribution in [0.4, 0.5) is 5.69 Å². The van der Waals surface area contributed by atoms with Gasteiger partial charge in [-0.15, -0.1) is 0 Å². The fraction of sp³-hybridized carbons (Fsp3) is 0.304. The number of sulfonamides is 1. The molecule has 1 aromatic carbocycles. The van der Waals surface area contributed by atoms with E-state index in [4.69, 9.17) is 4.42 Å². The van der Waals surface area contributed by atoms with E-state index in [1.54, 1.807) is 41.2 Å². The van der Waals surface area contributed by atoms with Crippen molar-refractivity contribution in [2.24, 2.45) is 5.92 Å². The lowest BCUT2D eigenvalue weighted by Gasteiger charge is -2.42. The summed E-state index contributed by atoms with van der Waals surface area (Å²) in [7, 11) is -3.69. The molecule has 2 bridgehead atoms. The fourth-order valence-corrected chi connectivity index (χ4v) is 6.34. The molecule has 166 valence electrons. The van der Waals surface area contributed by atoms with Gasteiger partial charge < -0.3 is 14.3 Å². The van der Waals surface area contributed by atoms with Crippen molar-refractivity contribution in [1.29, 1.82) is 0 Å². The SMILES string of the molecule is CC(=O)Nc1ccc(S(=O)(=O)N2C[C@H]3C[C@H](C2)c2ccc(-c4ccco4)c(=O)n2C3)cc1. The summed E-state index contributed by atoms with van der Waals surface area (Å²) < 4.78 is 35.3. The van der Waals surface area contributed by atoms with Gasteiger partial charge in [-0.1, -0.05) is 0 Å². The predicted molar refractivity (Wildman–Crippen MR) is 119 cm³/mol. The highest BCUT2D eigenvalue weighted by atomic mass is 32.2. The molecule has 1 N–H and O–H groups in total. The predicted octanol–water partition coefficient (Wildman–Crippen LogP) is 2.87. The van der Waals surface area contributed by atoms with Gasteiger partial charge in [0, 0.05) is 43.9 Å². The van der Waals surface area contributed by atoms with Crippen molar-refractivity contribution in [2.45, 2.75) is 30.7 Å². The van der Waals surface area contributed by atoms with Crippen molar-refractivity contribution in [1.82, 2.24) is 8.87 Å². The minimum Gasteiger partial charge on any atom is -0.464 e. The lowest BCUT2D eigenvalue weighted by atomic mass is 9.84. The van der Waals surface area contributed by atoms with Gasteiger partial charge in [-0.25, -0.2) is 8.42 Å². The largest absolute Gasteiger partial charge is 0.464 e. The van der Waals surface area contributed by atoms with Gasteiger partial charge in [-0.3, -0.25) is 9.59 Å². The summed E-state index contributed by atoms with van der Waals surface area (Å²) in [6, 6.07) is 13.4. The van der Waals surface area contributed by atoms with Gasteiger partial charge >= 0.3 is 0 Å². The molecule has 2 aromatic heterocycles. The molecule has 0 spiro atoms. The molecule has 8 nitrogen and oxygen atoms in total. The topological polar surface area (TPSA) is 102 Å². The number of amides is 1. The van der Waals surface area contributed by atoms with Crippen LogP contribution in [0.5, 0.6) is 0 Å². The minimum absolute atomic E-state index is 0.0470. The Balaban J connectivity index is 1.43. The van der Waals surface area contributed by atoms with Crippen molar-refractivity contribution < 1.29 is 17.6 Å². The highest BCUT2D eigenvalue weighted by molar-refractivity contribution is 7.89. The first-order valence-electron chi connectivity index (χ1n) is 10.5. The molecular weight excluding hydrogens is 430 g/mol. The number of anilines is 1. The third-order valence-electron chi connectivity index (χ3n) is 6.17. The number of aromatic nitrogens is 1. The third kappa shape index (κ3) is 3.57. The van der Waals surface area contributed by atoms with Gasteiger partial charge in [-0.05, 0) is 60.9 Å².